The molecule has 2 aromatic rings. The molecule has 0 aliphatic carbocycles. The maximum Gasteiger partial charge on any atom is 0.183 e. The van der Waals surface area contributed by atoms with Gasteiger partial charge >= 0.3 is 0 Å². The van der Waals surface area contributed by atoms with E-state index in [2.05, 4.69) is 0 Å². The molecule has 2 aromatic carbocycles. The van der Waals surface area contributed by atoms with E-state index in [4.69, 9.17) is 18.9 Å². The molecule has 0 bridgehead atoms. The van der Waals surface area contributed by atoms with Crippen LogP contribution in [-0.4, -0.2) is 43.4 Å². The summed E-state index contributed by atoms with van der Waals surface area (Å²) in [6, 6.07) is 19.9. The molecule has 1 fully saturated rings. The van der Waals surface area contributed by atoms with Crippen LogP contribution in [0.1, 0.15) is 18.1 Å². The summed E-state index contributed by atoms with van der Waals surface area (Å²) in [5.74, 6) is -0.111. The molecule has 5 nitrogen and oxygen atoms in total. The van der Waals surface area contributed by atoms with Crippen LogP contribution in [0.5, 0.6) is 0 Å². The van der Waals surface area contributed by atoms with Crippen molar-refractivity contribution in [3.63, 3.8) is 0 Å². The molecule has 1 heterocycles. The Kier molecular flexibility index (Phi) is 7.38. The van der Waals surface area contributed by atoms with Crippen LogP contribution in [0.15, 0.2) is 60.7 Å². The fraction of sp³-hybridized carbons (Fsp3) is 0.455. The maximum atomic E-state index is 10.6. The predicted octanol–water partition coefficient (Wildman–Crippen LogP) is 3.16. The summed E-state index contributed by atoms with van der Waals surface area (Å²) in [4.78, 5) is 0. The highest BCUT2D eigenvalue weighted by atomic mass is 16.7. The average Bonchev–Trinajstić information content (AvgIpc) is 2.82. The first-order valence-corrected chi connectivity index (χ1v) is 9.32. The van der Waals surface area contributed by atoms with Gasteiger partial charge in [0.05, 0.1) is 25.9 Å². The van der Waals surface area contributed by atoms with E-state index in [1.54, 1.807) is 7.11 Å². The van der Waals surface area contributed by atoms with E-state index >= 15 is 0 Å². The van der Waals surface area contributed by atoms with Crippen molar-refractivity contribution in [2.75, 3.05) is 13.7 Å². The first kappa shape index (κ1) is 20.0. The Balaban J connectivity index is 1.69. The van der Waals surface area contributed by atoms with Gasteiger partial charge in [-0.25, -0.2) is 0 Å². The standard InChI is InChI=1S/C22H28O5/c1-16-20(25-13-17-9-5-3-6-10-17)19(23)15-27-22(24-2)21(16)26-14-18-11-7-4-8-12-18/h3-12,16,19-23H,13-15H2,1-2H3. The van der Waals surface area contributed by atoms with E-state index in [0.717, 1.165) is 11.1 Å². The van der Waals surface area contributed by atoms with E-state index in [-0.39, 0.29) is 18.6 Å². The fourth-order valence-electron chi connectivity index (χ4n) is 3.40. The van der Waals surface area contributed by atoms with Crippen LogP contribution in [0, 0.1) is 5.92 Å². The van der Waals surface area contributed by atoms with Gasteiger partial charge in [0, 0.05) is 13.0 Å². The zero-order valence-corrected chi connectivity index (χ0v) is 15.9. The third-order valence-corrected chi connectivity index (χ3v) is 4.92. The Morgan fingerprint density at radius 1 is 0.889 bits per heavy atom. The third-order valence-electron chi connectivity index (χ3n) is 4.92. The van der Waals surface area contributed by atoms with Gasteiger partial charge in [0.1, 0.15) is 12.2 Å². The highest BCUT2D eigenvalue weighted by molar-refractivity contribution is 5.14. The van der Waals surface area contributed by atoms with Crippen molar-refractivity contribution < 1.29 is 24.1 Å². The van der Waals surface area contributed by atoms with Crippen molar-refractivity contribution in [2.24, 2.45) is 5.92 Å². The zero-order valence-electron chi connectivity index (χ0n) is 15.9. The van der Waals surface area contributed by atoms with Crippen molar-refractivity contribution >= 4 is 0 Å². The molecule has 146 valence electrons. The van der Waals surface area contributed by atoms with Crippen LogP contribution in [0.3, 0.4) is 0 Å². The van der Waals surface area contributed by atoms with Crippen LogP contribution in [0.2, 0.25) is 0 Å². The molecule has 5 heteroatoms. The molecular formula is C22H28O5. The summed E-state index contributed by atoms with van der Waals surface area (Å²) in [5, 5.41) is 10.6. The van der Waals surface area contributed by atoms with Gasteiger partial charge < -0.3 is 24.1 Å². The minimum Gasteiger partial charge on any atom is -0.388 e. The van der Waals surface area contributed by atoms with Crippen molar-refractivity contribution in [1.82, 2.24) is 0 Å². The minimum absolute atomic E-state index is 0.111. The molecule has 0 saturated carbocycles. The lowest BCUT2D eigenvalue weighted by atomic mass is 9.94. The lowest BCUT2D eigenvalue weighted by Crippen LogP contribution is -2.43. The smallest absolute Gasteiger partial charge is 0.183 e. The predicted molar refractivity (Wildman–Crippen MR) is 102 cm³/mol. The van der Waals surface area contributed by atoms with Gasteiger partial charge in [-0.2, -0.15) is 0 Å². The van der Waals surface area contributed by atoms with E-state index < -0.39 is 18.5 Å². The first-order chi connectivity index (χ1) is 13.2. The molecular weight excluding hydrogens is 344 g/mol. The van der Waals surface area contributed by atoms with Gasteiger partial charge in [-0.1, -0.05) is 67.6 Å². The Labute approximate surface area is 160 Å². The van der Waals surface area contributed by atoms with Gasteiger partial charge in [-0.15, -0.1) is 0 Å². The van der Waals surface area contributed by atoms with Gasteiger partial charge in [-0.05, 0) is 11.1 Å². The quantitative estimate of drug-likeness (QED) is 0.809. The van der Waals surface area contributed by atoms with E-state index in [1.165, 1.54) is 0 Å². The molecule has 1 saturated heterocycles. The molecule has 1 aliphatic heterocycles. The number of benzene rings is 2. The van der Waals surface area contributed by atoms with E-state index in [9.17, 15) is 5.11 Å². The van der Waals surface area contributed by atoms with Crippen LogP contribution < -0.4 is 0 Å². The SMILES string of the molecule is COC1OCC(O)C(OCc2ccccc2)C(C)C1OCc1ccccc1. The molecule has 0 spiro atoms. The van der Waals surface area contributed by atoms with Gasteiger partial charge in [0.25, 0.3) is 0 Å². The number of ether oxygens (including phenoxy) is 4. The molecule has 0 aromatic heterocycles. The molecule has 0 amide bonds. The summed E-state index contributed by atoms with van der Waals surface area (Å²) < 4.78 is 23.5. The maximum absolute atomic E-state index is 10.6. The summed E-state index contributed by atoms with van der Waals surface area (Å²) >= 11 is 0. The summed E-state index contributed by atoms with van der Waals surface area (Å²) in [6.07, 6.45) is -2.06. The van der Waals surface area contributed by atoms with Crippen molar-refractivity contribution in [1.29, 1.82) is 0 Å². The molecule has 5 atom stereocenters. The Bertz CT molecular complexity index is 663. The van der Waals surface area contributed by atoms with Gasteiger partial charge in [0.2, 0.25) is 0 Å². The summed E-state index contributed by atoms with van der Waals surface area (Å²) in [6.45, 7) is 3.03. The van der Waals surface area contributed by atoms with E-state index in [1.807, 2.05) is 67.6 Å². The largest absolute Gasteiger partial charge is 0.388 e. The molecule has 1 aliphatic rings. The van der Waals surface area contributed by atoms with Crippen LogP contribution in [0.25, 0.3) is 0 Å². The Hall–Kier alpha value is -1.76. The molecule has 3 rings (SSSR count). The first-order valence-electron chi connectivity index (χ1n) is 9.32. The van der Waals surface area contributed by atoms with Crippen molar-refractivity contribution in [3.05, 3.63) is 71.8 Å². The number of aliphatic hydroxyl groups excluding tert-OH is 1. The van der Waals surface area contributed by atoms with Gasteiger partial charge in [0.15, 0.2) is 6.29 Å². The average molecular weight is 372 g/mol. The summed E-state index contributed by atoms with van der Waals surface area (Å²) in [5.41, 5.74) is 2.14. The van der Waals surface area contributed by atoms with Crippen molar-refractivity contribution in [3.8, 4) is 0 Å². The molecule has 27 heavy (non-hydrogen) atoms. The molecule has 1 N–H and O–H groups in total. The lowest BCUT2D eigenvalue weighted by molar-refractivity contribution is -0.205. The number of methoxy groups -OCH3 is 1. The second-order valence-electron chi connectivity index (χ2n) is 6.89. The molecule has 5 unspecified atom stereocenters. The van der Waals surface area contributed by atoms with Crippen LogP contribution >= 0.6 is 0 Å². The number of rotatable bonds is 7. The summed E-state index contributed by atoms with van der Waals surface area (Å²) in [7, 11) is 1.59. The third kappa shape index (κ3) is 5.37. The topological polar surface area (TPSA) is 57.2 Å². The van der Waals surface area contributed by atoms with Crippen LogP contribution in [-0.2, 0) is 32.2 Å². The normalized spacial score (nSPS) is 28.6. The highest BCUT2D eigenvalue weighted by Gasteiger charge is 2.41. The Morgan fingerprint density at radius 3 is 1.93 bits per heavy atom. The second kappa shape index (κ2) is 9.97. The zero-order chi connectivity index (χ0) is 19.1. The number of aliphatic hydroxyl groups is 1. The Morgan fingerprint density at radius 2 is 1.41 bits per heavy atom. The molecule has 0 radical (unpaired) electrons. The van der Waals surface area contributed by atoms with Gasteiger partial charge in [-0.3, -0.25) is 0 Å². The highest BCUT2D eigenvalue weighted by Crippen LogP contribution is 2.28. The number of hydrogen-bond acceptors (Lipinski definition) is 5. The number of hydrogen-bond donors (Lipinski definition) is 1. The monoisotopic (exact) mass is 372 g/mol. The second-order valence-corrected chi connectivity index (χ2v) is 6.89. The van der Waals surface area contributed by atoms with Crippen molar-refractivity contribution in [2.45, 2.75) is 44.7 Å². The van der Waals surface area contributed by atoms with E-state index in [0.29, 0.717) is 13.2 Å². The minimum atomic E-state index is -0.744. The van der Waals surface area contributed by atoms with Crippen LogP contribution in [0.4, 0.5) is 0 Å². The lowest BCUT2D eigenvalue weighted by Gasteiger charge is -2.32. The fourth-order valence-corrected chi connectivity index (χ4v) is 3.40.